The topological polar surface area (TPSA) is 128 Å². The lowest BCUT2D eigenvalue weighted by atomic mass is 10.2. The lowest BCUT2D eigenvalue weighted by molar-refractivity contribution is -0.384. The van der Waals surface area contributed by atoms with E-state index in [2.05, 4.69) is 16.0 Å². The maximum atomic E-state index is 12.9. The zero-order valence-electron chi connectivity index (χ0n) is 16.7. The number of hydrogen-bond donors (Lipinski definition) is 2. The highest BCUT2D eigenvalue weighted by atomic mass is 32.2. The van der Waals surface area contributed by atoms with Gasteiger partial charge < -0.3 is 5.32 Å². The third kappa shape index (κ3) is 4.15. The average molecular weight is 441 g/mol. The molecule has 0 aliphatic rings. The van der Waals surface area contributed by atoms with Gasteiger partial charge in [0.25, 0.3) is 21.3 Å². The number of terminal acetylenes is 1. The Balaban J connectivity index is 2.04. The van der Waals surface area contributed by atoms with Crippen molar-refractivity contribution in [1.82, 2.24) is 9.36 Å². The summed E-state index contributed by atoms with van der Waals surface area (Å²) in [6, 6.07) is 12.1. The molecule has 3 aromatic rings. The van der Waals surface area contributed by atoms with Crippen LogP contribution in [-0.2, 0) is 17.1 Å². The zero-order chi connectivity index (χ0) is 22.8. The normalized spacial score (nSPS) is 11.0. The molecule has 3 rings (SSSR count). The highest BCUT2D eigenvalue weighted by Crippen LogP contribution is 2.28. The SMILES string of the molecule is C#CCNc1ccc(S(=O)(=O)Nc2c(C)n(C)n(-c3ccccc3)c2=O)cc1[N+](=O)[O-]. The summed E-state index contributed by atoms with van der Waals surface area (Å²) in [5.74, 6) is 2.29. The fourth-order valence-electron chi connectivity index (χ4n) is 3.00. The fourth-order valence-corrected chi connectivity index (χ4v) is 4.14. The van der Waals surface area contributed by atoms with Gasteiger partial charge in [-0.2, -0.15) is 0 Å². The molecular weight excluding hydrogens is 422 g/mol. The van der Waals surface area contributed by atoms with Crippen LogP contribution >= 0.6 is 0 Å². The number of hydrogen-bond acceptors (Lipinski definition) is 6. The standard InChI is InChI=1S/C20H19N5O5S/c1-4-12-21-17-11-10-16(13-18(17)25(27)28)31(29,30)22-19-14(2)23(3)24(20(19)26)15-8-6-5-7-9-15/h1,5-11,13,21-22H,12H2,2-3H3. The van der Waals surface area contributed by atoms with Crippen molar-refractivity contribution in [1.29, 1.82) is 0 Å². The van der Waals surface area contributed by atoms with E-state index < -0.39 is 26.2 Å². The molecule has 2 N–H and O–H groups in total. The predicted molar refractivity (Wildman–Crippen MR) is 117 cm³/mol. The van der Waals surface area contributed by atoms with Gasteiger partial charge in [0.05, 0.1) is 27.7 Å². The lowest BCUT2D eigenvalue weighted by Crippen LogP contribution is -2.23. The summed E-state index contributed by atoms with van der Waals surface area (Å²) < 4.78 is 31.0. The van der Waals surface area contributed by atoms with E-state index in [1.165, 1.54) is 21.5 Å². The highest BCUT2D eigenvalue weighted by molar-refractivity contribution is 7.92. The van der Waals surface area contributed by atoms with Gasteiger partial charge in [-0.1, -0.05) is 24.1 Å². The van der Waals surface area contributed by atoms with Gasteiger partial charge >= 0.3 is 0 Å². The fraction of sp³-hybridized carbons (Fsp3) is 0.150. The van der Waals surface area contributed by atoms with Crippen LogP contribution in [0.25, 0.3) is 5.69 Å². The summed E-state index contributed by atoms with van der Waals surface area (Å²) in [4.78, 5) is 23.2. The molecular formula is C20H19N5O5S. The van der Waals surface area contributed by atoms with Crippen LogP contribution in [0, 0.1) is 29.4 Å². The summed E-state index contributed by atoms with van der Waals surface area (Å²) >= 11 is 0. The number of para-hydroxylation sites is 1. The van der Waals surface area contributed by atoms with Crippen LogP contribution in [0.1, 0.15) is 5.69 Å². The Morgan fingerprint density at radius 3 is 2.48 bits per heavy atom. The molecule has 0 saturated heterocycles. The molecule has 1 aromatic heterocycles. The molecule has 0 atom stereocenters. The first-order valence-corrected chi connectivity index (χ1v) is 10.5. The third-order valence-corrected chi connectivity index (χ3v) is 6.00. The third-order valence-electron chi connectivity index (χ3n) is 4.65. The monoisotopic (exact) mass is 441 g/mol. The van der Waals surface area contributed by atoms with E-state index in [1.54, 1.807) is 44.3 Å². The Hall–Kier alpha value is -4.04. The largest absolute Gasteiger partial charge is 0.369 e. The number of nitro benzene ring substituents is 1. The average Bonchev–Trinajstić information content (AvgIpc) is 2.95. The van der Waals surface area contributed by atoms with Crippen molar-refractivity contribution in [2.24, 2.45) is 7.05 Å². The molecule has 10 nitrogen and oxygen atoms in total. The molecule has 0 saturated carbocycles. The minimum Gasteiger partial charge on any atom is -0.369 e. The van der Waals surface area contributed by atoms with Gasteiger partial charge in [0.2, 0.25) is 0 Å². The Bertz CT molecular complexity index is 1350. The number of sulfonamides is 1. The zero-order valence-corrected chi connectivity index (χ0v) is 17.5. The maximum absolute atomic E-state index is 12.9. The van der Waals surface area contributed by atoms with Gasteiger partial charge in [0, 0.05) is 13.1 Å². The maximum Gasteiger partial charge on any atom is 0.296 e. The van der Waals surface area contributed by atoms with Crippen LogP contribution in [0.15, 0.2) is 58.2 Å². The van der Waals surface area contributed by atoms with Gasteiger partial charge in [-0.05, 0) is 31.2 Å². The summed E-state index contributed by atoms with van der Waals surface area (Å²) in [5, 5.41) is 14.0. The molecule has 11 heteroatoms. The van der Waals surface area contributed by atoms with Crippen LogP contribution < -0.4 is 15.6 Å². The molecule has 1 heterocycles. The smallest absolute Gasteiger partial charge is 0.296 e. The van der Waals surface area contributed by atoms with Crippen LogP contribution in [0.5, 0.6) is 0 Å². The number of benzene rings is 2. The second-order valence-corrected chi connectivity index (χ2v) is 8.22. The quantitative estimate of drug-likeness (QED) is 0.329. The van der Waals surface area contributed by atoms with Gasteiger partial charge in [0.1, 0.15) is 11.4 Å². The minimum absolute atomic E-state index is 0.0351. The number of anilines is 2. The van der Waals surface area contributed by atoms with E-state index in [-0.39, 0.29) is 22.8 Å². The summed E-state index contributed by atoms with van der Waals surface area (Å²) in [6.07, 6.45) is 5.15. The molecule has 31 heavy (non-hydrogen) atoms. The second-order valence-electron chi connectivity index (χ2n) is 6.54. The Morgan fingerprint density at radius 1 is 1.19 bits per heavy atom. The minimum atomic E-state index is -4.29. The van der Waals surface area contributed by atoms with Gasteiger partial charge in [-0.25, -0.2) is 13.1 Å². The molecule has 0 fully saturated rings. The number of rotatable bonds is 7. The molecule has 0 amide bonds. The number of aromatic nitrogens is 2. The molecule has 2 aromatic carbocycles. The van der Waals surface area contributed by atoms with E-state index in [9.17, 15) is 23.3 Å². The molecule has 0 radical (unpaired) electrons. The van der Waals surface area contributed by atoms with Crippen molar-refractivity contribution in [3.05, 3.63) is 74.7 Å². The number of nitrogens with one attached hydrogen (secondary N) is 2. The molecule has 0 spiro atoms. The first kappa shape index (κ1) is 21.7. The predicted octanol–water partition coefficient (Wildman–Crippen LogP) is 2.24. The van der Waals surface area contributed by atoms with Crippen molar-refractivity contribution in [2.75, 3.05) is 16.6 Å². The van der Waals surface area contributed by atoms with E-state index >= 15 is 0 Å². The van der Waals surface area contributed by atoms with Crippen LogP contribution in [0.4, 0.5) is 17.1 Å². The molecule has 160 valence electrons. The highest BCUT2D eigenvalue weighted by Gasteiger charge is 2.25. The van der Waals surface area contributed by atoms with E-state index in [0.717, 1.165) is 6.07 Å². The van der Waals surface area contributed by atoms with Crippen LogP contribution in [0.3, 0.4) is 0 Å². The van der Waals surface area contributed by atoms with Gasteiger partial charge in [-0.15, -0.1) is 6.42 Å². The second kappa shape index (κ2) is 8.37. The van der Waals surface area contributed by atoms with Gasteiger partial charge in [0.15, 0.2) is 0 Å². The van der Waals surface area contributed by atoms with Crippen LogP contribution in [0.2, 0.25) is 0 Å². The van der Waals surface area contributed by atoms with Crippen molar-refractivity contribution in [3.63, 3.8) is 0 Å². The molecule has 0 bridgehead atoms. The molecule has 0 aliphatic carbocycles. The van der Waals surface area contributed by atoms with E-state index in [1.807, 2.05) is 0 Å². The first-order chi connectivity index (χ1) is 14.7. The Morgan fingerprint density at radius 2 is 1.87 bits per heavy atom. The van der Waals surface area contributed by atoms with Crippen LogP contribution in [-0.4, -0.2) is 29.2 Å². The van der Waals surface area contributed by atoms with E-state index in [0.29, 0.717) is 11.4 Å². The lowest BCUT2D eigenvalue weighted by Gasteiger charge is -2.09. The summed E-state index contributed by atoms with van der Waals surface area (Å²) in [6.45, 7) is 1.63. The summed E-state index contributed by atoms with van der Waals surface area (Å²) in [7, 11) is -2.66. The number of nitro groups is 1. The van der Waals surface area contributed by atoms with E-state index in [4.69, 9.17) is 6.42 Å². The first-order valence-electron chi connectivity index (χ1n) is 9.00. The number of nitrogens with zero attached hydrogens (tertiary/aromatic N) is 3. The Kier molecular flexibility index (Phi) is 5.85. The molecule has 0 aliphatic heterocycles. The summed E-state index contributed by atoms with van der Waals surface area (Å²) in [5.41, 5.74) is -0.156. The van der Waals surface area contributed by atoms with Crippen molar-refractivity contribution in [3.8, 4) is 18.0 Å². The molecule has 0 unspecified atom stereocenters. The van der Waals surface area contributed by atoms with Crippen molar-refractivity contribution in [2.45, 2.75) is 11.8 Å². The van der Waals surface area contributed by atoms with Gasteiger partial charge in [-0.3, -0.25) is 24.3 Å². The van der Waals surface area contributed by atoms with Crippen molar-refractivity contribution >= 4 is 27.1 Å². The van der Waals surface area contributed by atoms with Crippen molar-refractivity contribution < 1.29 is 13.3 Å². The Labute approximate surface area is 178 Å².